The van der Waals surface area contributed by atoms with Gasteiger partial charge in [0.05, 0.1) is 0 Å². The van der Waals surface area contributed by atoms with Crippen LogP contribution < -0.4 is 0 Å². The first-order valence-corrected chi connectivity index (χ1v) is 22.4. The second kappa shape index (κ2) is 21.2. The van der Waals surface area contributed by atoms with E-state index >= 15 is 0 Å². The predicted molar refractivity (Wildman–Crippen MR) is 276 cm³/mol. The second-order valence-corrected chi connectivity index (χ2v) is 22.4. The van der Waals surface area contributed by atoms with Crippen molar-refractivity contribution >= 4 is 21.5 Å². The van der Waals surface area contributed by atoms with Gasteiger partial charge in [-0.25, -0.2) is 0 Å². The highest BCUT2D eigenvalue weighted by atomic mass is 14.2. The lowest BCUT2D eigenvalue weighted by Gasteiger charge is -2.21. The van der Waals surface area contributed by atoms with E-state index in [4.69, 9.17) is 0 Å². The lowest BCUT2D eigenvalue weighted by Crippen LogP contribution is -2.11. The first-order valence-electron chi connectivity index (χ1n) is 22.4. The molecule has 0 nitrogen and oxygen atoms in total. The molecule has 61 heavy (non-hydrogen) atoms. The normalized spacial score (nSPS) is 11.8. The number of rotatable bonds is 1. The van der Waals surface area contributed by atoms with Crippen LogP contribution in [-0.4, -0.2) is 0 Å². The average molecular weight is 813 g/mol. The van der Waals surface area contributed by atoms with Crippen molar-refractivity contribution in [1.29, 1.82) is 0 Å². The first-order chi connectivity index (χ1) is 28.1. The van der Waals surface area contributed by atoms with Crippen LogP contribution in [0.15, 0.2) is 158 Å². The highest BCUT2D eigenvalue weighted by molar-refractivity contribution is 5.86. The molecular weight excluding hydrogens is 733 g/mol. The van der Waals surface area contributed by atoms with Crippen LogP contribution in [0.2, 0.25) is 0 Å². The molecular formula is C61H80. The summed E-state index contributed by atoms with van der Waals surface area (Å²) in [5.41, 5.74) is 12.4. The van der Waals surface area contributed by atoms with Crippen LogP contribution in [0.4, 0.5) is 0 Å². The fraction of sp³-hybridized carbons (Fsp3) is 0.377. The van der Waals surface area contributed by atoms with Crippen LogP contribution >= 0.6 is 0 Å². The Hall–Kier alpha value is -4.94. The van der Waals surface area contributed by atoms with Gasteiger partial charge in [0.2, 0.25) is 0 Å². The zero-order valence-corrected chi connectivity index (χ0v) is 41.5. The Morgan fingerprint density at radius 3 is 1.18 bits per heavy atom. The molecule has 0 aliphatic heterocycles. The average Bonchev–Trinajstić information content (AvgIpc) is 3.16. The molecule has 7 aromatic rings. The summed E-state index contributed by atoms with van der Waals surface area (Å²) in [5, 5.41) is 5.36. The Morgan fingerprint density at radius 1 is 0.279 bits per heavy atom. The first kappa shape index (κ1) is 50.4. The van der Waals surface area contributed by atoms with Gasteiger partial charge >= 0.3 is 0 Å². The maximum Gasteiger partial charge on any atom is -0.0126 e. The van der Waals surface area contributed by atoms with Gasteiger partial charge in [-0.05, 0) is 95.8 Å². The molecule has 0 saturated carbocycles. The van der Waals surface area contributed by atoms with Crippen LogP contribution in [0.25, 0.3) is 32.7 Å². The predicted octanol–water partition coefficient (Wildman–Crippen LogP) is 18.6. The van der Waals surface area contributed by atoms with Gasteiger partial charge < -0.3 is 0 Å². The smallest absolute Gasteiger partial charge is 0.0126 e. The number of benzene rings is 7. The van der Waals surface area contributed by atoms with Crippen molar-refractivity contribution in [3.05, 3.63) is 191 Å². The Bertz CT molecular complexity index is 2330. The molecule has 0 atom stereocenters. The molecule has 0 aromatic heterocycles. The summed E-state index contributed by atoms with van der Waals surface area (Å²) in [6, 6.07) is 56.4. The molecule has 7 aromatic carbocycles. The zero-order valence-electron chi connectivity index (χ0n) is 41.5. The fourth-order valence-corrected chi connectivity index (χ4v) is 6.74. The van der Waals surface area contributed by atoms with Crippen molar-refractivity contribution in [2.75, 3.05) is 0 Å². The van der Waals surface area contributed by atoms with Gasteiger partial charge in [-0.2, -0.15) is 0 Å². The number of hydrogen-bond acceptors (Lipinski definition) is 0. The van der Waals surface area contributed by atoms with Crippen LogP contribution in [0.5, 0.6) is 0 Å². The zero-order chi connectivity index (χ0) is 45.8. The van der Waals surface area contributed by atoms with Gasteiger partial charge in [-0.1, -0.05) is 280 Å². The summed E-state index contributed by atoms with van der Waals surface area (Å²) in [6.07, 6.45) is 0. The van der Waals surface area contributed by atoms with E-state index in [1.807, 2.05) is 6.07 Å². The van der Waals surface area contributed by atoms with Crippen molar-refractivity contribution in [1.82, 2.24) is 0 Å². The third-order valence-electron chi connectivity index (χ3n) is 10.2. The minimum atomic E-state index is 0.223. The van der Waals surface area contributed by atoms with E-state index < -0.39 is 0 Å². The minimum absolute atomic E-state index is 0.223. The van der Waals surface area contributed by atoms with Crippen LogP contribution in [0.3, 0.4) is 0 Å². The fourth-order valence-electron chi connectivity index (χ4n) is 6.74. The van der Waals surface area contributed by atoms with E-state index in [0.717, 1.165) is 0 Å². The SMILES string of the molecule is CC(C)(C)C.CC(C)(C)c1ccc(-c2ccccc2)cc1.CC(C)(C)c1ccc2ccccc2c1.CC(C)(C)c1cccc2ccccc12.Cc1cc(C)cc(C(C)(C)C)c1. The summed E-state index contributed by atoms with van der Waals surface area (Å²) < 4.78 is 0. The molecule has 7 rings (SSSR count). The van der Waals surface area contributed by atoms with Crippen molar-refractivity contribution in [2.24, 2.45) is 5.41 Å². The van der Waals surface area contributed by atoms with E-state index in [0.29, 0.717) is 5.41 Å². The minimum Gasteiger partial charge on any atom is -0.0622 e. The van der Waals surface area contributed by atoms with Gasteiger partial charge in [0.25, 0.3) is 0 Å². The molecule has 0 saturated heterocycles. The Morgan fingerprint density at radius 2 is 0.689 bits per heavy atom. The standard InChI is InChI=1S/C16H18.2C14H16.C12H18.C5H12/c1-16(2,3)15-11-9-14(10-12-15)13-7-5-4-6-8-13;1-14(2,3)13-10-6-8-11-7-4-5-9-12(11)13;1-14(2,3)13-9-8-11-6-4-5-7-12(11)10-13;1-9-6-10(2)8-11(7-9)12(3,4)5;1-5(2,3)4/h4-12H,1-3H3;2*4-10H,1-3H3;6-8H,1-5H3;1-4H3. The van der Waals surface area contributed by atoms with Crippen LogP contribution in [0, 0.1) is 19.3 Å². The highest BCUT2D eigenvalue weighted by Gasteiger charge is 2.17. The quantitative estimate of drug-likeness (QED) is 0.155. The summed E-state index contributed by atoms with van der Waals surface area (Å²) in [6.45, 7) is 40.1. The van der Waals surface area contributed by atoms with Crippen molar-refractivity contribution < 1.29 is 0 Å². The van der Waals surface area contributed by atoms with Crippen molar-refractivity contribution in [3.63, 3.8) is 0 Å². The van der Waals surface area contributed by atoms with Crippen LogP contribution in [0.1, 0.15) is 144 Å². The summed E-state index contributed by atoms with van der Waals surface area (Å²) in [5.74, 6) is 0. The molecule has 0 spiro atoms. The topological polar surface area (TPSA) is 0 Å². The lowest BCUT2D eigenvalue weighted by atomic mass is 9.84. The molecule has 0 amide bonds. The summed E-state index contributed by atoms with van der Waals surface area (Å²) in [4.78, 5) is 0. The molecule has 0 unspecified atom stereocenters. The van der Waals surface area contributed by atoms with Gasteiger partial charge in [0, 0.05) is 0 Å². The molecule has 0 heterocycles. The maximum absolute atomic E-state index is 2.29. The lowest BCUT2D eigenvalue weighted by molar-refractivity contribution is 0.469. The molecule has 0 radical (unpaired) electrons. The summed E-state index contributed by atoms with van der Waals surface area (Å²) in [7, 11) is 0. The van der Waals surface area contributed by atoms with E-state index in [-0.39, 0.29) is 21.7 Å². The van der Waals surface area contributed by atoms with Gasteiger partial charge in [-0.15, -0.1) is 0 Å². The van der Waals surface area contributed by atoms with E-state index in [9.17, 15) is 0 Å². The van der Waals surface area contributed by atoms with E-state index in [1.54, 1.807) is 0 Å². The maximum atomic E-state index is 2.29. The Labute approximate surface area is 373 Å². The molecule has 0 bridgehead atoms. The van der Waals surface area contributed by atoms with Crippen molar-refractivity contribution in [3.8, 4) is 11.1 Å². The van der Waals surface area contributed by atoms with Crippen molar-refractivity contribution in [2.45, 2.75) is 146 Å². The number of fused-ring (bicyclic) bond motifs is 2. The largest absolute Gasteiger partial charge is 0.0622 e. The molecule has 324 valence electrons. The third-order valence-corrected chi connectivity index (χ3v) is 10.2. The molecule has 0 aliphatic rings. The third kappa shape index (κ3) is 17.5. The molecule has 0 aliphatic carbocycles. The second-order valence-electron chi connectivity index (χ2n) is 22.4. The van der Waals surface area contributed by atoms with E-state index in [1.165, 1.54) is 66.1 Å². The highest BCUT2D eigenvalue weighted by Crippen LogP contribution is 2.30. The number of hydrogen-bond donors (Lipinski definition) is 0. The molecule has 0 heteroatoms. The molecule has 0 N–H and O–H groups in total. The summed E-state index contributed by atoms with van der Waals surface area (Å²) >= 11 is 0. The molecule has 0 fully saturated rings. The van der Waals surface area contributed by atoms with E-state index in [2.05, 4.69) is 276 Å². The monoisotopic (exact) mass is 813 g/mol. The van der Waals surface area contributed by atoms with Gasteiger partial charge in [0.15, 0.2) is 0 Å². The van der Waals surface area contributed by atoms with Gasteiger partial charge in [0.1, 0.15) is 0 Å². The van der Waals surface area contributed by atoms with Gasteiger partial charge in [-0.3, -0.25) is 0 Å². The number of aryl methyl sites for hydroxylation is 2. The Balaban J connectivity index is 0.000000210. The Kier molecular flexibility index (Phi) is 17.5. The van der Waals surface area contributed by atoms with Crippen LogP contribution in [-0.2, 0) is 21.7 Å².